The van der Waals surface area contributed by atoms with Crippen molar-refractivity contribution in [2.75, 3.05) is 6.54 Å². The fraction of sp³-hybridized carbons (Fsp3) is 0.353. The van der Waals surface area contributed by atoms with Crippen molar-refractivity contribution < 1.29 is 13.2 Å². The summed E-state index contributed by atoms with van der Waals surface area (Å²) in [5.41, 5.74) is -0.579. The lowest BCUT2D eigenvalue weighted by Crippen LogP contribution is -2.38. The molecule has 1 N–H and O–H groups in total. The third-order valence-corrected chi connectivity index (χ3v) is 6.99. The normalized spacial score (nSPS) is 13.5. The van der Waals surface area contributed by atoms with E-state index in [-0.39, 0.29) is 17.3 Å². The Kier molecular flexibility index (Phi) is 5.73. The second-order valence-corrected chi connectivity index (χ2v) is 10.0. The third-order valence-electron chi connectivity index (χ3n) is 3.51. The van der Waals surface area contributed by atoms with Crippen LogP contribution in [0.5, 0.6) is 0 Å². The summed E-state index contributed by atoms with van der Waals surface area (Å²) in [5, 5.41) is 4.23. The highest BCUT2D eigenvalue weighted by Crippen LogP contribution is 2.32. The Morgan fingerprint density at radius 1 is 1.21 bits per heavy atom. The molecule has 1 amide bonds. The van der Waals surface area contributed by atoms with Crippen molar-refractivity contribution in [1.29, 1.82) is 0 Å². The molecule has 1 aromatic carbocycles. The van der Waals surface area contributed by atoms with Crippen molar-refractivity contribution in [3.05, 3.63) is 51.7 Å². The van der Waals surface area contributed by atoms with Crippen molar-refractivity contribution in [3.8, 4) is 0 Å². The molecule has 0 aliphatic rings. The summed E-state index contributed by atoms with van der Waals surface area (Å²) in [4.78, 5) is 13.0. The zero-order chi connectivity index (χ0) is 18.0. The van der Waals surface area contributed by atoms with Gasteiger partial charge in [-0.15, -0.1) is 11.3 Å². The number of sulfone groups is 1. The van der Waals surface area contributed by atoms with Gasteiger partial charge in [0.1, 0.15) is 5.25 Å². The largest absolute Gasteiger partial charge is 0.354 e. The topological polar surface area (TPSA) is 63.2 Å². The average molecular weight is 386 g/mol. The van der Waals surface area contributed by atoms with Gasteiger partial charge in [0.15, 0.2) is 9.84 Å². The first-order chi connectivity index (χ1) is 11.1. The standard InChI is InChI=1S/C17H20ClNO3S2/c1-17(2,3)16(20)19-11-15(14-5-4-10-23-14)24(21,22)13-8-6-12(18)7-9-13/h4-10,15H,11H2,1-3H3,(H,19,20). The zero-order valence-electron chi connectivity index (χ0n) is 13.7. The number of nitrogens with one attached hydrogen (secondary N) is 1. The van der Waals surface area contributed by atoms with Crippen molar-refractivity contribution in [1.82, 2.24) is 5.32 Å². The van der Waals surface area contributed by atoms with E-state index in [4.69, 9.17) is 11.6 Å². The molecule has 0 aliphatic heterocycles. The number of halogens is 1. The van der Waals surface area contributed by atoms with E-state index < -0.39 is 20.5 Å². The van der Waals surface area contributed by atoms with E-state index in [1.54, 1.807) is 45.0 Å². The van der Waals surface area contributed by atoms with Crippen molar-refractivity contribution >= 4 is 38.7 Å². The molecule has 0 bridgehead atoms. The van der Waals surface area contributed by atoms with Gasteiger partial charge in [-0.1, -0.05) is 38.4 Å². The summed E-state index contributed by atoms with van der Waals surface area (Å²) in [5.74, 6) is -0.185. The van der Waals surface area contributed by atoms with Crippen LogP contribution in [0.1, 0.15) is 30.9 Å². The second-order valence-electron chi connectivity index (χ2n) is 6.46. The molecule has 0 spiro atoms. The lowest BCUT2D eigenvalue weighted by Gasteiger charge is -2.22. The average Bonchev–Trinajstić information content (AvgIpc) is 3.00. The Labute approximate surface area is 151 Å². The maximum absolute atomic E-state index is 13.0. The van der Waals surface area contributed by atoms with Crippen LogP contribution < -0.4 is 5.32 Å². The zero-order valence-corrected chi connectivity index (χ0v) is 16.1. The summed E-state index contributed by atoms with van der Waals surface area (Å²) in [6.45, 7) is 5.39. The van der Waals surface area contributed by atoms with Gasteiger partial charge >= 0.3 is 0 Å². The molecule has 0 saturated heterocycles. The van der Waals surface area contributed by atoms with Crippen molar-refractivity contribution in [2.45, 2.75) is 30.9 Å². The summed E-state index contributed by atoms with van der Waals surface area (Å²) in [6.07, 6.45) is 0. The minimum absolute atomic E-state index is 0.0293. The van der Waals surface area contributed by atoms with Gasteiger partial charge in [0, 0.05) is 21.9 Å². The van der Waals surface area contributed by atoms with Crippen LogP contribution in [0.15, 0.2) is 46.7 Å². The van der Waals surface area contributed by atoms with E-state index in [9.17, 15) is 13.2 Å². The minimum Gasteiger partial charge on any atom is -0.354 e. The Morgan fingerprint density at radius 3 is 2.33 bits per heavy atom. The van der Waals surface area contributed by atoms with Gasteiger partial charge in [-0.3, -0.25) is 4.79 Å². The Morgan fingerprint density at radius 2 is 1.83 bits per heavy atom. The monoisotopic (exact) mass is 385 g/mol. The van der Waals surface area contributed by atoms with E-state index >= 15 is 0 Å². The number of amides is 1. The minimum atomic E-state index is -3.64. The van der Waals surface area contributed by atoms with Crippen LogP contribution in [0.25, 0.3) is 0 Å². The molecule has 1 unspecified atom stereocenters. The number of hydrogen-bond donors (Lipinski definition) is 1. The molecule has 0 fully saturated rings. The second kappa shape index (κ2) is 7.25. The van der Waals surface area contributed by atoms with Gasteiger partial charge in [-0.25, -0.2) is 8.42 Å². The van der Waals surface area contributed by atoms with Gasteiger partial charge in [0.2, 0.25) is 5.91 Å². The van der Waals surface area contributed by atoms with Crippen LogP contribution in [0.3, 0.4) is 0 Å². The smallest absolute Gasteiger partial charge is 0.225 e. The first-order valence-corrected chi connectivity index (χ1v) is 10.2. The molecule has 4 nitrogen and oxygen atoms in total. The van der Waals surface area contributed by atoms with E-state index in [2.05, 4.69) is 5.32 Å². The molecule has 130 valence electrons. The van der Waals surface area contributed by atoms with Gasteiger partial charge in [-0.2, -0.15) is 0 Å². The summed E-state index contributed by atoms with van der Waals surface area (Å²) in [7, 11) is -3.64. The number of carbonyl (C=O) groups is 1. The van der Waals surface area contributed by atoms with Crippen LogP contribution in [0.2, 0.25) is 5.02 Å². The molecule has 1 atom stereocenters. The van der Waals surface area contributed by atoms with Crippen LogP contribution in [-0.4, -0.2) is 20.9 Å². The SMILES string of the molecule is CC(C)(C)C(=O)NCC(c1cccs1)S(=O)(=O)c1ccc(Cl)cc1. The molecular formula is C17H20ClNO3S2. The first-order valence-electron chi connectivity index (χ1n) is 7.43. The fourth-order valence-electron chi connectivity index (χ4n) is 2.08. The third kappa shape index (κ3) is 4.37. The number of rotatable bonds is 5. The lowest BCUT2D eigenvalue weighted by molar-refractivity contribution is -0.128. The molecule has 0 saturated carbocycles. The highest BCUT2D eigenvalue weighted by atomic mass is 35.5. The molecule has 2 aromatic rings. The van der Waals surface area contributed by atoms with Gasteiger partial charge in [-0.05, 0) is 35.7 Å². The molecule has 0 radical (unpaired) electrons. The van der Waals surface area contributed by atoms with Crippen molar-refractivity contribution in [2.24, 2.45) is 5.41 Å². The highest BCUT2D eigenvalue weighted by Gasteiger charge is 2.31. The quantitative estimate of drug-likeness (QED) is 0.843. The Balaban J connectivity index is 2.33. The van der Waals surface area contributed by atoms with Gasteiger partial charge in [0.05, 0.1) is 4.90 Å². The number of hydrogen-bond acceptors (Lipinski definition) is 4. The molecule has 2 rings (SSSR count). The lowest BCUT2D eigenvalue weighted by atomic mass is 9.96. The predicted molar refractivity (Wildman–Crippen MR) is 98.2 cm³/mol. The Bertz CT molecular complexity index is 791. The van der Waals surface area contributed by atoms with E-state index in [0.717, 1.165) is 0 Å². The Hall–Kier alpha value is -1.37. The molecule has 1 heterocycles. The van der Waals surface area contributed by atoms with E-state index in [1.165, 1.54) is 23.5 Å². The summed E-state index contributed by atoms with van der Waals surface area (Å²) >= 11 is 7.20. The van der Waals surface area contributed by atoms with Gasteiger partial charge < -0.3 is 5.32 Å². The number of thiophene rings is 1. The number of carbonyl (C=O) groups excluding carboxylic acids is 1. The summed E-state index contributed by atoms with van der Waals surface area (Å²) < 4.78 is 26.0. The van der Waals surface area contributed by atoms with Gasteiger partial charge in [0.25, 0.3) is 0 Å². The predicted octanol–water partition coefficient (Wildman–Crippen LogP) is 4.08. The van der Waals surface area contributed by atoms with Crippen LogP contribution in [-0.2, 0) is 14.6 Å². The number of benzene rings is 1. The van der Waals surface area contributed by atoms with Crippen LogP contribution in [0, 0.1) is 5.41 Å². The van der Waals surface area contributed by atoms with Crippen LogP contribution >= 0.6 is 22.9 Å². The molecular weight excluding hydrogens is 366 g/mol. The first kappa shape index (κ1) is 19.0. The molecule has 0 aliphatic carbocycles. The highest BCUT2D eigenvalue weighted by molar-refractivity contribution is 7.91. The maximum Gasteiger partial charge on any atom is 0.225 e. The van der Waals surface area contributed by atoms with E-state index in [0.29, 0.717) is 9.90 Å². The maximum atomic E-state index is 13.0. The molecule has 24 heavy (non-hydrogen) atoms. The molecule has 7 heteroatoms. The fourth-order valence-corrected chi connectivity index (χ4v) is 4.99. The van der Waals surface area contributed by atoms with E-state index in [1.807, 2.05) is 5.38 Å². The van der Waals surface area contributed by atoms with Crippen LogP contribution in [0.4, 0.5) is 0 Å². The van der Waals surface area contributed by atoms with Crippen molar-refractivity contribution in [3.63, 3.8) is 0 Å². The summed E-state index contributed by atoms with van der Waals surface area (Å²) in [6, 6.07) is 9.65. The molecule has 1 aromatic heterocycles.